The summed E-state index contributed by atoms with van der Waals surface area (Å²) in [6.45, 7) is 1.98. The number of amides is 2. The number of piperidine rings is 1. The molecule has 2 aliphatic rings. The Morgan fingerprint density at radius 3 is 2.63 bits per heavy atom. The van der Waals surface area contributed by atoms with E-state index in [0.717, 1.165) is 6.42 Å². The smallest absolute Gasteiger partial charge is 0.305 e. The predicted octanol–water partition coefficient (Wildman–Crippen LogP) is 1.89. The second kappa shape index (κ2) is 8.71. The number of nitrogens with zero attached hydrogens (tertiary/aromatic N) is 2. The van der Waals surface area contributed by atoms with E-state index in [1.54, 1.807) is 34.1 Å². The average Bonchev–Trinajstić information content (AvgIpc) is 2.67. The molecule has 0 spiro atoms. The molecule has 27 heavy (non-hydrogen) atoms. The fourth-order valence-corrected chi connectivity index (χ4v) is 3.81. The van der Waals surface area contributed by atoms with Crippen LogP contribution in [0.5, 0.6) is 0 Å². The molecule has 2 amide bonds. The Kier molecular flexibility index (Phi) is 6.34. The van der Waals surface area contributed by atoms with Crippen molar-refractivity contribution in [2.45, 2.75) is 25.3 Å². The van der Waals surface area contributed by atoms with Gasteiger partial charge in [0, 0.05) is 30.2 Å². The second-order valence-corrected chi connectivity index (χ2v) is 7.39. The number of aliphatic carboxylic acids is 1. The highest BCUT2D eigenvalue weighted by molar-refractivity contribution is 6.30. The van der Waals surface area contributed by atoms with Gasteiger partial charge in [0.25, 0.3) is 5.91 Å². The minimum atomic E-state index is -0.952. The minimum absolute atomic E-state index is 0.0850. The number of likely N-dealkylation sites (tertiary alicyclic amines) is 1. The second-order valence-electron chi connectivity index (χ2n) is 6.96. The molecule has 0 radical (unpaired) electrons. The van der Waals surface area contributed by atoms with E-state index in [-0.39, 0.29) is 30.8 Å². The number of rotatable bonds is 4. The predicted molar refractivity (Wildman–Crippen MR) is 98.7 cm³/mol. The Morgan fingerprint density at radius 2 is 1.93 bits per heavy atom. The Labute approximate surface area is 162 Å². The molecule has 7 nitrogen and oxygen atoms in total. The van der Waals surface area contributed by atoms with Crippen molar-refractivity contribution in [1.29, 1.82) is 0 Å². The van der Waals surface area contributed by atoms with Crippen LogP contribution in [0, 0.1) is 5.92 Å². The minimum Gasteiger partial charge on any atom is -0.481 e. The van der Waals surface area contributed by atoms with Crippen molar-refractivity contribution in [1.82, 2.24) is 9.80 Å². The lowest BCUT2D eigenvalue weighted by Gasteiger charge is -2.39. The maximum absolute atomic E-state index is 13.0. The quantitative estimate of drug-likeness (QED) is 0.842. The molecule has 0 bridgehead atoms. The lowest BCUT2D eigenvalue weighted by molar-refractivity contribution is -0.150. The van der Waals surface area contributed by atoms with E-state index in [1.807, 2.05) is 0 Å². The maximum Gasteiger partial charge on any atom is 0.305 e. The molecule has 0 aliphatic carbocycles. The fraction of sp³-hybridized carbons (Fsp3) is 0.526. The zero-order chi connectivity index (χ0) is 19.4. The van der Waals surface area contributed by atoms with Gasteiger partial charge in [-0.3, -0.25) is 14.4 Å². The highest BCUT2D eigenvalue weighted by Gasteiger charge is 2.36. The van der Waals surface area contributed by atoms with Crippen LogP contribution in [0.25, 0.3) is 0 Å². The monoisotopic (exact) mass is 394 g/mol. The first-order valence-corrected chi connectivity index (χ1v) is 9.48. The highest BCUT2D eigenvalue weighted by atomic mass is 35.5. The van der Waals surface area contributed by atoms with Gasteiger partial charge >= 0.3 is 5.97 Å². The fourth-order valence-electron chi connectivity index (χ4n) is 3.69. The highest BCUT2D eigenvalue weighted by Crippen LogP contribution is 2.24. The van der Waals surface area contributed by atoms with Crippen molar-refractivity contribution >= 4 is 29.4 Å². The number of halogens is 1. The molecule has 2 unspecified atom stereocenters. The normalized spacial score (nSPS) is 23.1. The standard InChI is InChI=1S/C19H23ClN2O5/c20-15-5-3-13(4-6-15)18(25)21-7-1-2-14(11-21)19(26)22-8-9-27-12-16(22)10-17(23)24/h3-6,14,16H,1-2,7-12H2,(H,23,24). The van der Waals surface area contributed by atoms with Crippen molar-refractivity contribution in [3.05, 3.63) is 34.9 Å². The molecule has 0 aromatic heterocycles. The number of carbonyl (C=O) groups is 3. The number of carboxylic acid groups (broad SMARTS) is 1. The van der Waals surface area contributed by atoms with E-state index < -0.39 is 12.0 Å². The molecule has 146 valence electrons. The molecule has 2 heterocycles. The molecule has 1 aromatic carbocycles. The number of benzene rings is 1. The van der Waals surface area contributed by atoms with E-state index in [1.165, 1.54) is 0 Å². The summed E-state index contributed by atoms with van der Waals surface area (Å²) >= 11 is 5.88. The summed E-state index contributed by atoms with van der Waals surface area (Å²) < 4.78 is 5.35. The van der Waals surface area contributed by atoms with Gasteiger partial charge in [-0.05, 0) is 37.1 Å². The van der Waals surface area contributed by atoms with E-state index in [4.69, 9.17) is 21.4 Å². The summed E-state index contributed by atoms with van der Waals surface area (Å²) in [4.78, 5) is 40.1. The van der Waals surface area contributed by atoms with Gasteiger partial charge < -0.3 is 19.6 Å². The molecule has 1 N–H and O–H groups in total. The molecule has 8 heteroatoms. The largest absolute Gasteiger partial charge is 0.481 e. The molecule has 3 rings (SSSR count). The van der Waals surface area contributed by atoms with Crippen molar-refractivity contribution in [3.63, 3.8) is 0 Å². The molecular weight excluding hydrogens is 372 g/mol. The van der Waals surface area contributed by atoms with Crippen LogP contribution < -0.4 is 0 Å². The summed E-state index contributed by atoms with van der Waals surface area (Å²) in [7, 11) is 0. The zero-order valence-corrected chi connectivity index (χ0v) is 15.7. The molecule has 0 saturated carbocycles. The number of ether oxygens (including phenoxy) is 1. The summed E-state index contributed by atoms with van der Waals surface area (Å²) in [6, 6.07) is 6.25. The Hall–Kier alpha value is -2.12. The van der Waals surface area contributed by atoms with Crippen LogP contribution in [-0.2, 0) is 14.3 Å². The van der Waals surface area contributed by atoms with Crippen molar-refractivity contribution < 1.29 is 24.2 Å². The number of carboxylic acids is 1. The van der Waals surface area contributed by atoms with Crippen LogP contribution in [0.2, 0.25) is 5.02 Å². The summed E-state index contributed by atoms with van der Waals surface area (Å²) in [5, 5.41) is 9.65. The van der Waals surface area contributed by atoms with Crippen molar-refractivity contribution in [2.75, 3.05) is 32.8 Å². The van der Waals surface area contributed by atoms with Gasteiger partial charge in [0.05, 0.1) is 31.6 Å². The SMILES string of the molecule is O=C(O)CC1COCCN1C(=O)C1CCCN(C(=O)c2ccc(Cl)cc2)C1. The third kappa shape index (κ3) is 4.78. The Bertz CT molecular complexity index is 709. The van der Waals surface area contributed by atoms with Crippen LogP contribution >= 0.6 is 11.6 Å². The Balaban J connectivity index is 1.67. The first kappa shape index (κ1) is 19.6. The van der Waals surface area contributed by atoms with Crippen LogP contribution in [0.4, 0.5) is 0 Å². The number of morpholine rings is 1. The van der Waals surface area contributed by atoms with Gasteiger partial charge in [0.1, 0.15) is 0 Å². The topological polar surface area (TPSA) is 87.2 Å². The van der Waals surface area contributed by atoms with Gasteiger partial charge in [-0.2, -0.15) is 0 Å². The molecular formula is C19H23ClN2O5. The van der Waals surface area contributed by atoms with Crippen LogP contribution in [0.15, 0.2) is 24.3 Å². The number of hydrogen-bond donors (Lipinski definition) is 1. The number of hydrogen-bond acceptors (Lipinski definition) is 4. The van der Waals surface area contributed by atoms with Gasteiger partial charge in [-0.15, -0.1) is 0 Å². The van der Waals surface area contributed by atoms with Gasteiger partial charge in [0.15, 0.2) is 0 Å². The maximum atomic E-state index is 13.0. The first-order valence-electron chi connectivity index (χ1n) is 9.10. The Morgan fingerprint density at radius 1 is 1.19 bits per heavy atom. The van der Waals surface area contributed by atoms with E-state index in [9.17, 15) is 14.4 Å². The molecule has 2 saturated heterocycles. The third-order valence-electron chi connectivity index (χ3n) is 5.07. The van der Waals surface area contributed by atoms with Crippen LogP contribution in [0.1, 0.15) is 29.6 Å². The number of carbonyl (C=O) groups excluding carboxylic acids is 2. The van der Waals surface area contributed by atoms with E-state index in [0.29, 0.717) is 43.2 Å². The van der Waals surface area contributed by atoms with E-state index >= 15 is 0 Å². The third-order valence-corrected chi connectivity index (χ3v) is 5.32. The zero-order valence-electron chi connectivity index (χ0n) is 15.0. The summed E-state index contributed by atoms with van der Waals surface area (Å²) in [6.07, 6.45) is 1.30. The summed E-state index contributed by atoms with van der Waals surface area (Å²) in [5.41, 5.74) is 0.544. The van der Waals surface area contributed by atoms with Gasteiger partial charge in [0.2, 0.25) is 5.91 Å². The van der Waals surface area contributed by atoms with E-state index in [2.05, 4.69) is 0 Å². The lowest BCUT2D eigenvalue weighted by Crippen LogP contribution is -2.54. The molecule has 2 aliphatic heterocycles. The summed E-state index contributed by atoms with van der Waals surface area (Å²) in [5.74, 6) is -1.47. The van der Waals surface area contributed by atoms with Gasteiger partial charge in [-0.25, -0.2) is 0 Å². The molecule has 1 aromatic rings. The van der Waals surface area contributed by atoms with Gasteiger partial charge in [-0.1, -0.05) is 11.6 Å². The average molecular weight is 395 g/mol. The molecule has 2 atom stereocenters. The van der Waals surface area contributed by atoms with Crippen LogP contribution in [-0.4, -0.2) is 71.6 Å². The van der Waals surface area contributed by atoms with Crippen LogP contribution in [0.3, 0.4) is 0 Å². The van der Waals surface area contributed by atoms with Crippen molar-refractivity contribution in [3.8, 4) is 0 Å². The van der Waals surface area contributed by atoms with Crippen molar-refractivity contribution in [2.24, 2.45) is 5.92 Å². The first-order chi connectivity index (χ1) is 13.0. The lowest BCUT2D eigenvalue weighted by atomic mass is 9.94. The molecule has 2 fully saturated rings.